The lowest BCUT2D eigenvalue weighted by atomic mass is 10.2. The number of likely N-dealkylation sites (tertiary alicyclic amines) is 1. The quantitative estimate of drug-likeness (QED) is 0.665. The Bertz CT molecular complexity index is 883. The molecular weight excluding hydrogens is 300 g/mol. The molecule has 4 heteroatoms. The van der Waals surface area contributed by atoms with Gasteiger partial charge in [-0.05, 0) is 12.1 Å². The third-order valence-electron chi connectivity index (χ3n) is 4.07. The Hall–Kier alpha value is -3.14. The van der Waals surface area contributed by atoms with Crippen molar-refractivity contribution in [2.75, 3.05) is 0 Å². The number of amides is 2. The lowest BCUT2D eigenvalue weighted by Gasteiger charge is -2.03. The predicted octanol–water partition coefficient (Wildman–Crippen LogP) is 4.17. The van der Waals surface area contributed by atoms with Crippen LogP contribution >= 0.6 is 0 Å². The van der Waals surface area contributed by atoms with Crippen molar-refractivity contribution >= 4 is 39.8 Å². The summed E-state index contributed by atoms with van der Waals surface area (Å²) in [5.41, 5.74) is 2.43. The van der Waals surface area contributed by atoms with Crippen LogP contribution in [-0.2, 0) is 9.59 Å². The average Bonchev–Trinajstić information content (AvgIpc) is 3.12. The molecule has 0 spiro atoms. The van der Waals surface area contributed by atoms with Crippen LogP contribution in [-0.4, -0.2) is 21.3 Å². The van der Waals surface area contributed by atoms with E-state index in [2.05, 4.69) is 66.3 Å². The number of benzene rings is 2. The lowest BCUT2D eigenvalue weighted by Crippen LogP contribution is -2.21. The maximum absolute atomic E-state index is 10.6. The van der Waals surface area contributed by atoms with Gasteiger partial charge in [-0.15, -0.1) is 0 Å². The van der Waals surface area contributed by atoms with Crippen LogP contribution in [0.5, 0.6) is 0 Å². The number of hydrogen-bond acceptors (Lipinski definition) is 2. The van der Waals surface area contributed by atoms with Crippen molar-refractivity contribution in [2.45, 2.75) is 12.8 Å². The van der Waals surface area contributed by atoms with Gasteiger partial charge in [0, 0.05) is 36.0 Å². The summed E-state index contributed by atoms with van der Waals surface area (Å²) in [5, 5.41) is 2.57. The summed E-state index contributed by atoms with van der Waals surface area (Å²) in [6.07, 6.45) is 3.80. The van der Waals surface area contributed by atoms with Crippen LogP contribution in [0.2, 0.25) is 0 Å². The minimum atomic E-state index is -0.144. The molecule has 120 valence electrons. The molecule has 1 fully saturated rings. The van der Waals surface area contributed by atoms with Crippen LogP contribution < -0.4 is 0 Å². The van der Waals surface area contributed by atoms with Gasteiger partial charge >= 0.3 is 0 Å². The van der Waals surface area contributed by atoms with Crippen LogP contribution in [0.3, 0.4) is 0 Å². The Labute approximate surface area is 140 Å². The number of nitrogens with zero attached hydrogens (tertiary/aromatic N) is 2. The first-order chi connectivity index (χ1) is 11.7. The highest BCUT2D eigenvalue weighted by Gasteiger charge is 2.25. The largest absolute Gasteiger partial charge is 0.317 e. The Balaban J connectivity index is 0.000000162. The fraction of sp³-hybridized carbons (Fsp3) is 0.100. The molecule has 0 radical (unpaired) electrons. The number of rotatable bonds is 2. The summed E-state index contributed by atoms with van der Waals surface area (Å²) < 4.78 is 2.13. The van der Waals surface area contributed by atoms with Crippen molar-refractivity contribution in [1.29, 1.82) is 0 Å². The normalized spacial score (nSPS) is 13.9. The van der Waals surface area contributed by atoms with Crippen molar-refractivity contribution in [2.24, 2.45) is 0 Å². The van der Waals surface area contributed by atoms with Gasteiger partial charge in [0.1, 0.15) is 0 Å². The molecule has 0 unspecified atom stereocenters. The van der Waals surface area contributed by atoms with Crippen LogP contribution in [0.1, 0.15) is 12.8 Å². The van der Waals surface area contributed by atoms with Crippen molar-refractivity contribution in [3.05, 3.63) is 67.9 Å². The molecule has 3 aromatic rings. The third-order valence-corrected chi connectivity index (χ3v) is 4.07. The molecule has 1 saturated heterocycles. The minimum absolute atomic E-state index is 0.144. The second kappa shape index (κ2) is 6.54. The summed E-state index contributed by atoms with van der Waals surface area (Å²) >= 11 is 0. The lowest BCUT2D eigenvalue weighted by molar-refractivity contribution is -0.135. The van der Waals surface area contributed by atoms with E-state index in [9.17, 15) is 9.59 Å². The van der Waals surface area contributed by atoms with E-state index in [1.807, 2.05) is 6.20 Å². The molecule has 1 aromatic heterocycles. The first kappa shape index (κ1) is 15.7. The molecular formula is C20H18N2O2. The van der Waals surface area contributed by atoms with Crippen LogP contribution in [0, 0.1) is 0 Å². The molecule has 4 rings (SSSR count). The smallest absolute Gasteiger partial charge is 0.233 e. The number of carbonyl (C=O) groups excluding carboxylic acids is 2. The summed E-state index contributed by atoms with van der Waals surface area (Å²) in [4.78, 5) is 22.4. The van der Waals surface area contributed by atoms with Crippen molar-refractivity contribution < 1.29 is 9.59 Å². The molecule has 0 aliphatic carbocycles. The van der Waals surface area contributed by atoms with E-state index in [4.69, 9.17) is 0 Å². The third kappa shape index (κ3) is 2.63. The fourth-order valence-electron chi connectivity index (χ4n) is 2.95. The van der Waals surface area contributed by atoms with Crippen molar-refractivity contribution in [3.8, 4) is 0 Å². The molecule has 24 heavy (non-hydrogen) atoms. The predicted molar refractivity (Wildman–Crippen MR) is 97.1 cm³/mol. The van der Waals surface area contributed by atoms with Gasteiger partial charge in [-0.2, -0.15) is 0 Å². The summed E-state index contributed by atoms with van der Waals surface area (Å²) in [5.74, 6) is -0.287. The Morgan fingerprint density at radius 1 is 0.750 bits per heavy atom. The first-order valence-electron chi connectivity index (χ1n) is 7.75. The van der Waals surface area contributed by atoms with Gasteiger partial charge in [-0.1, -0.05) is 49.6 Å². The van der Waals surface area contributed by atoms with E-state index in [1.165, 1.54) is 28.0 Å². The van der Waals surface area contributed by atoms with Crippen LogP contribution in [0.15, 0.2) is 67.9 Å². The zero-order chi connectivity index (χ0) is 17.1. The van der Waals surface area contributed by atoms with Crippen LogP contribution in [0.4, 0.5) is 0 Å². The summed E-state index contributed by atoms with van der Waals surface area (Å²) in [6, 6.07) is 16.8. The standard InChI is InChI=1S/C14H11N.C6H7NO2/c1-2-15-13-9-5-3-7-11(13)12-8-4-6-10-14(12)15;1-2-7-5(8)3-4-6(7)9/h2-10H,1H2;2H,1,3-4H2. The number of hydrogen-bond donors (Lipinski definition) is 0. The topological polar surface area (TPSA) is 42.3 Å². The Morgan fingerprint density at radius 2 is 1.21 bits per heavy atom. The monoisotopic (exact) mass is 318 g/mol. The Kier molecular flexibility index (Phi) is 4.29. The van der Waals surface area contributed by atoms with Gasteiger partial charge in [-0.25, -0.2) is 0 Å². The van der Waals surface area contributed by atoms with Crippen molar-refractivity contribution in [1.82, 2.24) is 9.47 Å². The van der Waals surface area contributed by atoms with E-state index < -0.39 is 0 Å². The van der Waals surface area contributed by atoms with Gasteiger partial charge < -0.3 is 4.57 Å². The highest BCUT2D eigenvalue weighted by Crippen LogP contribution is 2.28. The average molecular weight is 318 g/mol. The highest BCUT2D eigenvalue weighted by atomic mass is 16.2. The van der Waals surface area contributed by atoms with Crippen molar-refractivity contribution in [3.63, 3.8) is 0 Å². The van der Waals surface area contributed by atoms with E-state index in [1.54, 1.807) is 0 Å². The Morgan fingerprint density at radius 3 is 1.58 bits per heavy atom. The molecule has 1 aliphatic rings. The van der Waals surface area contributed by atoms with Gasteiger partial charge in [-0.3, -0.25) is 14.5 Å². The number of fused-ring (bicyclic) bond motifs is 3. The van der Waals surface area contributed by atoms with E-state index >= 15 is 0 Å². The summed E-state index contributed by atoms with van der Waals surface area (Å²) in [7, 11) is 0. The van der Waals surface area contributed by atoms with Gasteiger partial charge in [0.25, 0.3) is 0 Å². The maximum Gasteiger partial charge on any atom is 0.233 e. The second-order valence-corrected chi connectivity index (χ2v) is 5.43. The minimum Gasteiger partial charge on any atom is -0.317 e. The van der Waals surface area contributed by atoms with Crippen LogP contribution in [0.25, 0.3) is 28.0 Å². The highest BCUT2D eigenvalue weighted by molar-refractivity contribution is 6.09. The van der Waals surface area contributed by atoms with E-state index in [-0.39, 0.29) is 11.8 Å². The molecule has 1 aliphatic heterocycles. The number of carbonyl (C=O) groups is 2. The van der Waals surface area contributed by atoms with Gasteiger partial charge in [0.15, 0.2) is 0 Å². The van der Waals surface area contributed by atoms with Gasteiger partial charge in [0.05, 0.1) is 11.0 Å². The SMILES string of the molecule is C=CN1C(=O)CCC1=O.C=Cn1c2ccccc2c2ccccc21. The molecule has 0 N–H and O–H groups in total. The zero-order valence-corrected chi connectivity index (χ0v) is 13.3. The summed E-state index contributed by atoms with van der Waals surface area (Å²) in [6.45, 7) is 7.19. The molecule has 2 aromatic carbocycles. The molecule has 0 atom stereocenters. The molecule has 2 heterocycles. The molecule has 0 saturated carbocycles. The molecule has 0 bridgehead atoms. The second-order valence-electron chi connectivity index (χ2n) is 5.43. The molecule has 4 nitrogen and oxygen atoms in total. The van der Waals surface area contributed by atoms with E-state index in [0.29, 0.717) is 12.8 Å². The molecule has 2 amide bonds. The number of imide groups is 1. The number of para-hydroxylation sites is 2. The maximum atomic E-state index is 10.6. The van der Waals surface area contributed by atoms with Gasteiger partial charge in [0.2, 0.25) is 11.8 Å². The zero-order valence-electron chi connectivity index (χ0n) is 13.3. The van der Waals surface area contributed by atoms with E-state index in [0.717, 1.165) is 4.90 Å². The fourth-order valence-corrected chi connectivity index (χ4v) is 2.95. The number of aromatic nitrogens is 1. The first-order valence-corrected chi connectivity index (χ1v) is 7.75.